The molecule has 0 aromatic rings. The Morgan fingerprint density at radius 2 is 2.00 bits per heavy atom. The minimum Gasteiger partial charge on any atom is -0.543 e. The summed E-state index contributed by atoms with van der Waals surface area (Å²) in [7, 11) is -0.649. The molecule has 116 valence electrons. The van der Waals surface area contributed by atoms with E-state index in [0.717, 1.165) is 0 Å². The lowest BCUT2D eigenvalue weighted by Crippen LogP contribution is -2.43. The molecule has 1 aliphatic carbocycles. The molecule has 1 saturated heterocycles. The molecule has 2 rings (SSSR count). The second-order valence-electron chi connectivity index (χ2n) is 7.30. The Morgan fingerprint density at radius 3 is 2.50 bits per heavy atom. The first-order chi connectivity index (χ1) is 9.00. The molecule has 0 unspecified atom stereocenters. The Hall–Kier alpha value is -0.433. The number of hydrogen-bond donors (Lipinski definition) is 1. The number of aliphatic hydroxyl groups is 1. The topological polar surface area (TPSA) is 47.9 Å². The van der Waals surface area contributed by atoms with Crippen LogP contribution in [0.25, 0.3) is 0 Å². The van der Waals surface area contributed by atoms with Gasteiger partial charge in [0, 0.05) is 20.0 Å². The Kier molecular flexibility index (Phi) is 3.82. The molecule has 1 N–H and O–H groups in total. The highest BCUT2D eigenvalue weighted by Crippen LogP contribution is 2.49. The highest BCUT2D eigenvalue weighted by atomic mass is 28.4. The van der Waals surface area contributed by atoms with Crippen molar-refractivity contribution in [3.05, 3.63) is 11.6 Å². The molecule has 0 bridgehead atoms. The molecule has 3 atom stereocenters. The Labute approximate surface area is 121 Å². The van der Waals surface area contributed by atoms with E-state index in [1.54, 1.807) is 0 Å². The van der Waals surface area contributed by atoms with Gasteiger partial charge in [0.2, 0.25) is 8.32 Å². The summed E-state index contributed by atoms with van der Waals surface area (Å²) in [6.07, 6.45) is -1.04. The molecule has 0 amide bonds. The van der Waals surface area contributed by atoms with Crippen molar-refractivity contribution in [1.29, 1.82) is 0 Å². The third-order valence-electron chi connectivity index (χ3n) is 4.70. The standard InChI is InChI=1S/C14H25FO4Si/c1-13(2,3)20(5,6)19-11-9(15)7-14(16)8-10(17-4)18-12(11)14/h10,12,16H,7-8H2,1-6H3/t10-,12-,14+/m1/s1. The summed E-state index contributed by atoms with van der Waals surface area (Å²) in [4.78, 5) is 0. The average molecular weight is 304 g/mol. The van der Waals surface area contributed by atoms with Crippen molar-refractivity contribution in [2.75, 3.05) is 7.11 Å². The van der Waals surface area contributed by atoms with Crippen LogP contribution in [-0.2, 0) is 13.9 Å². The largest absolute Gasteiger partial charge is 0.543 e. The first-order valence-corrected chi connectivity index (χ1v) is 9.89. The van der Waals surface area contributed by atoms with Crippen molar-refractivity contribution >= 4 is 8.32 Å². The highest BCUT2D eigenvalue weighted by Gasteiger charge is 2.57. The van der Waals surface area contributed by atoms with Crippen LogP contribution in [0.15, 0.2) is 11.6 Å². The maximum atomic E-state index is 14.2. The highest BCUT2D eigenvalue weighted by molar-refractivity contribution is 6.74. The number of methoxy groups -OCH3 is 1. The van der Waals surface area contributed by atoms with E-state index in [9.17, 15) is 9.50 Å². The smallest absolute Gasteiger partial charge is 0.250 e. The van der Waals surface area contributed by atoms with Crippen LogP contribution in [0.1, 0.15) is 33.6 Å². The minimum atomic E-state index is -2.17. The van der Waals surface area contributed by atoms with Gasteiger partial charge in [0.1, 0.15) is 23.3 Å². The molecule has 0 radical (unpaired) electrons. The zero-order valence-corrected chi connectivity index (χ0v) is 14.1. The van der Waals surface area contributed by atoms with Gasteiger partial charge in [0.05, 0.1) is 0 Å². The van der Waals surface area contributed by atoms with E-state index in [2.05, 4.69) is 20.8 Å². The third-order valence-corrected chi connectivity index (χ3v) is 9.04. The van der Waals surface area contributed by atoms with Crippen LogP contribution >= 0.6 is 0 Å². The van der Waals surface area contributed by atoms with Gasteiger partial charge in [-0.1, -0.05) is 20.8 Å². The van der Waals surface area contributed by atoms with E-state index in [-0.39, 0.29) is 23.6 Å². The molecular weight excluding hydrogens is 279 g/mol. The van der Waals surface area contributed by atoms with Crippen LogP contribution in [0.3, 0.4) is 0 Å². The molecule has 2 aliphatic rings. The quantitative estimate of drug-likeness (QED) is 0.814. The minimum absolute atomic E-state index is 0.0414. The summed E-state index contributed by atoms with van der Waals surface area (Å²) in [6, 6.07) is 0. The fraction of sp³-hybridized carbons (Fsp3) is 0.857. The van der Waals surface area contributed by atoms with Crippen LogP contribution in [0.2, 0.25) is 18.1 Å². The van der Waals surface area contributed by atoms with Crippen molar-refractivity contribution in [3.8, 4) is 0 Å². The Bertz CT molecular complexity index is 429. The number of ether oxygens (including phenoxy) is 2. The van der Waals surface area contributed by atoms with E-state index in [4.69, 9.17) is 13.9 Å². The predicted octanol–water partition coefficient (Wildman–Crippen LogP) is 3.09. The summed E-state index contributed by atoms with van der Waals surface area (Å²) < 4.78 is 31.0. The van der Waals surface area contributed by atoms with E-state index < -0.39 is 32.1 Å². The monoisotopic (exact) mass is 304 g/mol. The van der Waals surface area contributed by atoms with Gasteiger partial charge in [-0.05, 0) is 18.1 Å². The lowest BCUT2D eigenvalue weighted by Gasteiger charge is -2.38. The van der Waals surface area contributed by atoms with Gasteiger partial charge < -0.3 is 19.0 Å². The van der Waals surface area contributed by atoms with Crippen molar-refractivity contribution in [3.63, 3.8) is 0 Å². The molecule has 20 heavy (non-hydrogen) atoms. The summed E-state index contributed by atoms with van der Waals surface area (Å²) in [6.45, 7) is 10.4. The van der Waals surface area contributed by atoms with E-state index >= 15 is 0 Å². The number of hydrogen-bond acceptors (Lipinski definition) is 4. The van der Waals surface area contributed by atoms with E-state index in [1.807, 2.05) is 13.1 Å². The summed E-state index contributed by atoms with van der Waals surface area (Å²) in [5.74, 6) is -0.212. The Morgan fingerprint density at radius 1 is 1.40 bits per heavy atom. The van der Waals surface area contributed by atoms with Crippen molar-refractivity contribution in [2.24, 2.45) is 0 Å². The van der Waals surface area contributed by atoms with Crippen molar-refractivity contribution in [1.82, 2.24) is 0 Å². The lowest BCUT2D eigenvalue weighted by atomic mass is 9.97. The van der Waals surface area contributed by atoms with Crippen LogP contribution in [0.4, 0.5) is 4.39 Å². The lowest BCUT2D eigenvalue weighted by molar-refractivity contribution is -0.117. The van der Waals surface area contributed by atoms with Gasteiger partial charge in [-0.3, -0.25) is 0 Å². The van der Waals surface area contributed by atoms with E-state index in [0.29, 0.717) is 0 Å². The number of fused-ring (bicyclic) bond motifs is 1. The number of halogens is 1. The number of rotatable bonds is 3. The predicted molar refractivity (Wildman–Crippen MR) is 76.3 cm³/mol. The van der Waals surface area contributed by atoms with Crippen LogP contribution in [0, 0.1) is 0 Å². The molecule has 1 fully saturated rings. The van der Waals surface area contributed by atoms with Gasteiger partial charge in [0.15, 0.2) is 6.29 Å². The maximum absolute atomic E-state index is 14.2. The fourth-order valence-electron chi connectivity index (χ4n) is 2.37. The average Bonchev–Trinajstić information content (AvgIpc) is 2.70. The molecule has 0 spiro atoms. The second kappa shape index (κ2) is 4.80. The molecule has 1 aliphatic heterocycles. The normalized spacial score (nSPS) is 34.6. The fourth-order valence-corrected chi connectivity index (χ4v) is 3.44. The third kappa shape index (κ3) is 2.54. The van der Waals surface area contributed by atoms with Gasteiger partial charge >= 0.3 is 0 Å². The molecule has 1 heterocycles. The van der Waals surface area contributed by atoms with Gasteiger partial charge in [0.25, 0.3) is 0 Å². The van der Waals surface area contributed by atoms with Gasteiger partial charge in [-0.25, -0.2) is 4.39 Å². The first-order valence-electron chi connectivity index (χ1n) is 6.98. The van der Waals surface area contributed by atoms with Crippen molar-refractivity contribution < 1.29 is 23.4 Å². The summed E-state index contributed by atoms with van der Waals surface area (Å²) in [5.41, 5.74) is -1.23. The first kappa shape index (κ1) is 15.9. The SMILES string of the molecule is CO[C@H]1C[C@@]2(O)CC(F)=C(O[Si](C)(C)C(C)(C)C)[C@H]2O1. The van der Waals surface area contributed by atoms with Crippen LogP contribution in [0.5, 0.6) is 0 Å². The zero-order chi connectivity index (χ0) is 15.3. The summed E-state index contributed by atoms with van der Waals surface area (Å²) in [5, 5.41) is 10.5. The Balaban J connectivity index is 2.22. The molecule has 4 nitrogen and oxygen atoms in total. The molecule has 0 aromatic carbocycles. The molecule has 0 aromatic heterocycles. The van der Waals surface area contributed by atoms with Crippen LogP contribution in [-0.4, -0.2) is 38.5 Å². The molecule has 0 saturated carbocycles. The van der Waals surface area contributed by atoms with E-state index in [1.165, 1.54) is 7.11 Å². The maximum Gasteiger partial charge on any atom is 0.250 e. The van der Waals surface area contributed by atoms with Gasteiger partial charge in [-0.15, -0.1) is 0 Å². The van der Waals surface area contributed by atoms with Crippen LogP contribution < -0.4 is 0 Å². The van der Waals surface area contributed by atoms with Gasteiger partial charge in [-0.2, -0.15) is 0 Å². The zero-order valence-electron chi connectivity index (χ0n) is 13.1. The molecule has 6 heteroatoms. The summed E-state index contributed by atoms with van der Waals surface area (Å²) >= 11 is 0. The van der Waals surface area contributed by atoms with Crippen molar-refractivity contribution in [2.45, 2.75) is 69.7 Å². The second-order valence-corrected chi connectivity index (χ2v) is 12.0. The molecular formula is C14H25FO4Si.